The van der Waals surface area contributed by atoms with Crippen LogP contribution in [0, 0.1) is 10.1 Å². The Kier molecular flexibility index (Phi) is 8.48. The van der Waals surface area contributed by atoms with Crippen molar-refractivity contribution in [2.75, 3.05) is 12.4 Å². The number of carboxylic acids is 1. The molecule has 208 valence electrons. The number of nitrogens with one attached hydrogen (secondary N) is 2. The van der Waals surface area contributed by atoms with Crippen molar-refractivity contribution in [1.29, 1.82) is 0 Å². The molecule has 0 saturated carbocycles. The summed E-state index contributed by atoms with van der Waals surface area (Å²) in [4.78, 5) is 74.2. The Morgan fingerprint density at radius 2 is 1.82 bits per heavy atom. The van der Waals surface area contributed by atoms with Gasteiger partial charge < -0.3 is 20.5 Å². The van der Waals surface area contributed by atoms with Crippen LogP contribution in [0.3, 0.4) is 0 Å². The molecule has 0 spiro atoms. The summed E-state index contributed by atoms with van der Waals surface area (Å²) in [6.07, 6.45) is -0.361. The van der Waals surface area contributed by atoms with Crippen molar-refractivity contribution < 1.29 is 38.7 Å². The molecule has 2 aromatic carbocycles. The quantitative estimate of drug-likeness (QED) is 0.163. The number of nitro benzene ring substituents is 1. The molecule has 0 unspecified atom stereocenters. The van der Waals surface area contributed by atoms with Crippen molar-refractivity contribution in [3.63, 3.8) is 0 Å². The highest BCUT2D eigenvalue weighted by molar-refractivity contribution is 8.00. The van der Waals surface area contributed by atoms with Gasteiger partial charge in [-0.3, -0.25) is 34.2 Å². The normalized spacial score (nSPS) is 18.6. The zero-order valence-electron chi connectivity index (χ0n) is 21.1. The van der Waals surface area contributed by atoms with Gasteiger partial charge in [-0.15, -0.1) is 11.8 Å². The van der Waals surface area contributed by atoms with E-state index in [1.807, 2.05) is 0 Å². The first-order valence-corrected chi connectivity index (χ1v) is 13.0. The van der Waals surface area contributed by atoms with Gasteiger partial charge in [0.2, 0.25) is 11.8 Å². The Hall–Kier alpha value is -4.72. The van der Waals surface area contributed by atoms with E-state index in [0.717, 1.165) is 4.90 Å². The van der Waals surface area contributed by atoms with E-state index in [2.05, 4.69) is 10.6 Å². The monoisotopic (exact) mass is 568 g/mol. The molecule has 0 radical (unpaired) electrons. The molecule has 2 aliphatic heterocycles. The highest BCUT2D eigenvalue weighted by atomic mass is 32.2. The zero-order valence-corrected chi connectivity index (χ0v) is 21.9. The van der Waals surface area contributed by atoms with Gasteiger partial charge in [-0.2, -0.15) is 0 Å². The summed E-state index contributed by atoms with van der Waals surface area (Å²) in [6.45, 7) is 0.905. The SMILES string of the molecule is CC(=O)OCC1=C(C(=O)O)N2C(=O)[C@@H](NC(=O)[C@@H](NC(=O)Cc3ccccc3[N+](=O)[O-])c3ccccc3)[C@H]2SC1. The van der Waals surface area contributed by atoms with Crippen molar-refractivity contribution in [2.24, 2.45) is 0 Å². The molecule has 2 heterocycles. The van der Waals surface area contributed by atoms with E-state index in [9.17, 15) is 39.2 Å². The minimum atomic E-state index is -1.37. The summed E-state index contributed by atoms with van der Waals surface area (Å²) in [5.41, 5.74) is 0.302. The molecular formula is C26H24N4O9S. The van der Waals surface area contributed by atoms with Gasteiger partial charge in [0.25, 0.3) is 11.6 Å². The number of rotatable bonds is 10. The van der Waals surface area contributed by atoms with Gasteiger partial charge in [-0.1, -0.05) is 48.5 Å². The molecule has 1 fully saturated rings. The molecule has 3 N–H and O–H groups in total. The molecule has 0 bridgehead atoms. The number of nitrogens with zero attached hydrogens (tertiary/aromatic N) is 2. The fourth-order valence-corrected chi connectivity index (χ4v) is 5.72. The zero-order chi connectivity index (χ0) is 29.0. The van der Waals surface area contributed by atoms with Gasteiger partial charge in [-0.25, -0.2) is 4.79 Å². The van der Waals surface area contributed by atoms with Crippen molar-refractivity contribution in [1.82, 2.24) is 15.5 Å². The first-order valence-electron chi connectivity index (χ1n) is 12.0. The average molecular weight is 569 g/mol. The molecule has 2 aromatic rings. The van der Waals surface area contributed by atoms with Crippen LogP contribution in [0.25, 0.3) is 0 Å². The minimum Gasteiger partial charge on any atom is -0.477 e. The van der Waals surface area contributed by atoms with Crippen molar-refractivity contribution in [2.45, 2.75) is 30.8 Å². The maximum atomic E-state index is 13.4. The Balaban J connectivity index is 1.51. The lowest BCUT2D eigenvalue weighted by Gasteiger charge is -2.49. The van der Waals surface area contributed by atoms with Gasteiger partial charge in [0.1, 0.15) is 29.8 Å². The number of hydrogen-bond donors (Lipinski definition) is 3. The molecule has 0 aliphatic carbocycles. The lowest BCUT2D eigenvalue weighted by atomic mass is 10.0. The van der Waals surface area contributed by atoms with Crippen LogP contribution >= 0.6 is 11.8 Å². The van der Waals surface area contributed by atoms with E-state index in [4.69, 9.17) is 4.74 Å². The molecule has 13 nitrogen and oxygen atoms in total. The topological polar surface area (TPSA) is 185 Å². The number of benzene rings is 2. The molecular weight excluding hydrogens is 544 g/mol. The number of thioether (sulfide) groups is 1. The van der Waals surface area contributed by atoms with E-state index in [-0.39, 0.29) is 41.3 Å². The van der Waals surface area contributed by atoms with Crippen LogP contribution in [0.2, 0.25) is 0 Å². The van der Waals surface area contributed by atoms with Crippen LogP contribution in [0.1, 0.15) is 24.1 Å². The number of hydrogen-bond acceptors (Lipinski definition) is 9. The number of nitro groups is 1. The first kappa shape index (κ1) is 28.3. The van der Waals surface area contributed by atoms with Crippen LogP contribution < -0.4 is 10.6 Å². The summed E-state index contributed by atoms with van der Waals surface area (Å²) < 4.78 is 4.92. The molecule has 1 saturated heterocycles. The average Bonchev–Trinajstić information content (AvgIpc) is 2.93. The summed E-state index contributed by atoms with van der Waals surface area (Å²) >= 11 is 1.20. The maximum Gasteiger partial charge on any atom is 0.352 e. The second-order valence-electron chi connectivity index (χ2n) is 8.91. The maximum absolute atomic E-state index is 13.4. The number of β-lactam (4-membered cyclic amide) rings is 1. The molecule has 4 rings (SSSR count). The highest BCUT2D eigenvalue weighted by Gasteiger charge is 2.54. The Labute approximate surface area is 231 Å². The minimum absolute atomic E-state index is 0.157. The Bertz CT molecular complexity index is 1410. The number of carboxylic acid groups (broad SMARTS) is 1. The second-order valence-corrected chi connectivity index (χ2v) is 10.0. The molecule has 3 atom stereocenters. The van der Waals surface area contributed by atoms with Crippen LogP contribution in [-0.2, 0) is 35.1 Å². The van der Waals surface area contributed by atoms with Crippen LogP contribution in [0.5, 0.6) is 0 Å². The van der Waals surface area contributed by atoms with Gasteiger partial charge in [0, 0.05) is 29.9 Å². The number of aliphatic carboxylic acids is 1. The first-order chi connectivity index (χ1) is 19.1. The number of amides is 3. The molecule has 14 heteroatoms. The molecule has 3 amide bonds. The Morgan fingerprint density at radius 1 is 1.15 bits per heavy atom. The van der Waals surface area contributed by atoms with Crippen molar-refractivity contribution in [3.8, 4) is 0 Å². The predicted molar refractivity (Wildman–Crippen MR) is 140 cm³/mol. The number of esters is 1. The fraction of sp³-hybridized carbons (Fsp3) is 0.269. The van der Waals surface area contributed by atoms with Gasteiger partial charge in [0.15, 0.2) is 0 Å². The highest BCUT2D eigenvalue weighted by Crippen LogP contribution is 2.40. The smallest absolute Gasteiger partial charge is 0.352 e. The summed E-state index contributed by atoms with van der Waals surface area (Å²) in [5, 5.41) is 25.5. The fourth-order valence-electron chi connectivity index (χ4n) is 4.39. The summed E-state index contributed by atoms with van der Waals surface area (Å²) in [7, 11) is 0. The summed E-state index contributed by atoms with van der Waals surface area (Å²) in [6, 6.07) is 11.7. The van der Waals surface area contributed by atoms with E-state index < -0.39 is 52.0 Å². The second kappa shape index (κ2) is 12.0. The van der Waals surface area contributed by atoms with Crippen molar-refractivity contribution >= 4 is 47.1 Å². The molecule has 40 heavy (non-hydrogen) atoms. The van der Waals surface area contributed by atoms with Gasteiger partial charge in [-0.05, 0) is 5.56 Å². The van der Waals surface area contributed by atoms with Crippen LogP contribution in [0.4, 0.5) is 5.69 Å². The van der Waals surface area contributed by atoms with Crippen LogP contribution in [0.15, 0.2) is 65.9 Å². The number of carbonyl (C=O) groups excluding carboxylic acids is 4. The Morgan fingerprint density at radius 3 is 2.48 bits per heavy atom. The summed E-state index contributed by atoms with van der Waals surface area (Å²) in [5.74, 6) is -3.84. The standard InChI is InChI=1S/C26H24N4O9S/c1-14(31)39-12-17-13-40-25-21(24(34)29(25)22(17)26(35)36)28-23(33)20(15-7-3-2-4-8-15)27-19(32)11-16-9-5-6-10-18(16)30(37)38/h2-10,20-21,25H,11-13H2,1H3,(H,27,32)(H,28,33)(H,35,36)/t20-,21+,25+/m0/s1. The van der Waals surface area contributed by atoms with E-state index in [1.54, 1.807) is 36.4 Å². The number of ether oxygens (including phenoxy) is 1. The predicted octanol–water partition coefficient (Wildman–Crippen LogP) is 1.30. The third kappa shape index (κ3) is 5.96. The van der Waals surface area contributed by atoms with E-state index >= 15 is 0 Å². The molecule has 2 aliphatic rings. The third-order valence-corrected chi connectivity index (χ3v) is 7.58. The number of carbonyl (C=O) groups is 5. The van der Waals surface area contributed by atoms with Gasteiger partial charge in [0.05, 0.1) is 11.3 Å². The van der Waals surface area contributed by atoms with E-state index in [1.165, 1.54) is 36.9 Å². The lowest BCUT2D eigenvalue weighted by Crippen LogP contribution is -2.71. The molecule has 0 aromatic heterocycles. The van der Waals surface area contributed by atoms with Crippen LogP contribution in [-0.4, -0.2) is 68.4 Å². The number of fused-ring (bicyclic) bond motifs is 1. The van der Waals surface area contributed by atoms with E-state index in [0.29, 0.717) is 5.56 Å². The number of para-hydroxylation sites is 1. The lowest BCUT2D eigenvalue weighted by molar-refractivity contribution is -0.385. The largest absolute Gasteiger partial charge is 0.477 e. The third-order valence-electron chi connectivity index (χ3n) is 6.24. The van der Waals surface area contributed by atoms with Gasteiger partial charge >= 0.3 is 11.9 Å². The van der Waals surface area contributed by atoms with Crippen molar-refractivity contribution in [3.05, 3.63) is 87.1 Å².